The van der Waals surface area contributed by atoms with Crippen molar-refractivity contribution >= 4 is 28.3 Å². The molecule has 7 nitrogen and oxygen atoms in total. The number of nitrogens with one attached hydrogen (secondary N) is 2. The molecule has 1 fully saturated rings. The average molecular weight is 374 g/mol. The number of amides is 1. The Hall–Kier alpha value is -3.40. The van der Waals surface area contributed by atoms with E-state index in [0.717, 1.165) is 34.4 Å². The number of imidazole rings is 1. The Bertz CT molecular complexity index is 1120. The van der Waals surface area contributed by atoms with E-state index in [9.17, 15) is 4.79 Å². The fourth-order valence-corrected chi connectivity index (χ4v) is 3.16. The molecule has 0 aliphatic heterocycles. The number of nitrogens with zero attached hydrogens (tertiary/aromatic N) is 4. The van der Waals surface area contributed by atoms with Crippen LogP contribution in [-0.2, 0) is 11.8 Å². The maximum Gasteiger partial charge on any atom is 0.228 e. The van der Waals surface area contributed by atoms with Gasteiger partial charge in [0.15, 0.2) is 0 Å². The first-order chi connectivity index (χ1) is 13.5. The quantitative estimate of drug-likeness (QED) is 0.689. The summed E-state index contributed by atoms with van der Waals surface area (Å²) in [6, 6.07) is 1.86. The summed E-state index contributed by atoms with van der Waals surface area (Å²) in [5.74, 6) is 8.98. The zero-order chi connectivity index (χ0) is 19.8. The molecule has 0 bridgehead atoms. The standard InChI is InChI=1S/C21H22N6O/c1-12-7-16(12)21(28)26-19-8-17-14(5-6-15-11-27(4)13(2)25-15)9-24-20(22-3)18(17)10-23-19/h8-12,16H,7H2,1-4H3,(H,22,24)(H,23,26,28)/t12-,16+/m1/s1. The van der Waals surface area contributed by atoms with Gasteiger partial charge in [-0.3, -0.25) is 4.79 Å². The number of fused-ring (bicyclic) bond motifs is 1. The minimum absolute atomic E-state index is 0.0267. The third kappa shape index (κ3) is 3.41. The smallest absolute Gasteiger partial charge is 0.228 e. The maximum atomic E-state index is 12.3. The second-order valence-corrected chi connectivity index (χ2v) is 7.23. The number of anilines is 2. The van der Waals surface area contributed by atoms with Gasteiger partial charge < -0.3 is 15.2 Å². The molecule has 3 aromatic heterocycles. The number of hydrogen-bond donors (Lipinski definition) is 2. The molecule has 0 radical (unpaired) electrons. The highest BCUT2D eigenvalue weighted by molar-refractivity contribution is 5.99. The molecule has 1 amide bonds. The van der Waals surface area contributed by atoms with Crippen LogP contribution in [0.4, 0.5) is 11.6 Å². The van der Waals surface area contributed by atoms with Crippen molar-refractivity contribution in [3.8, 4) is 11.8 Å². The van der Waals surface area contributed by atoms with Crippen molar-refractivity contribution in [3.63, 3.8) is 0 Å². The van der Waals surface area contributed by atoms with Gasteiger partial charge in [0.1, 0.15) is 23.2 Å². The number of carbonyl (C=O) groups is 1. The second-order valence-electron chi connectivity index (χ2n) is 7.23. The minimum atomic E-state index is 0.0267. The van der Waals surface area contributed by atoms with Crippen molar-refractivity contribution in [3.05, 3.63) is 41.7 Å². The number of rotatable bonds is 3. The zero-order valence-corrected chi connectivity index (χ0v) is 16.4. The van der Waals surface area contributed by atoms with Gasteiger partial charge >= 0.3 is 0 Å². The van der Waals surface area contributed by atoms with Crippen molar-refractivity contribution < 1.29 is 4.79 Å². The summed E-state index contributed by atoms with van der Waals surface area (Å²) in [6.07, 6.45) is 6.28. The van der Waals surface area contributed by atoms with Gasteiger partial charge in [0.05, 0.1) is 5.56 Å². The van der Waals surface area contributed by atoms with Crippen LogP contribution < -0.4 is 10.6 Å². The van der Waals surface area contributed by atoms with Crippen LogP contribution in [0.25, 0.3) is 10.8 Å². The van der Waals surface area contributed by atoms with E-state index in [4.69, 9.17) is 0 Å². The molecule has 142 valence electrons. The van der Waals surface area contributed by atoms with Gasteiger partial charge in [-0.2, -0.15) is 0 Å². The molecule has 2 atom stereocenters. The van der Waals surface area contributed by atoms with Crippen molar-refractivity contribution in [2.45, 2.75) is 20.3 Å². The van der Waals surface area contributed by atoms with E-state index in [-0.39, 0.29) is 11.8 Å². The summed E-state index contributed by atoms with van der Waals surface area (Å²) in [4.78, 5) is 25.5. The van der Waals surface area contributed by atoms with Crippen molar-refractivity contribution in [1.29, 1.82) is 0 Å². The molecule has 1 saturated carbocycles. The van der Waals surface area contributed by atoms with Gasteiger partial charge in [-0.25, -0.2) is 15.0 Å². The van der Waals surface area contributed by atoms with E-state index in [2.05, 4.69) is 44.4 Å². The molecule has 4 rings (SSSR count). The molecule has 0 spiro atoms. The number of carbonyl (C=O) groups excluding carboxylic acids is 1. The molecule has 3 heterocycles. The predicted octanol–water partition coefficient (Wildman–Crippen LogP) is 2.71. The molecule has 1 aliphatic carbocycles. The monoisotopic (exact) mass is 374 g/mol. The van der Waals surface area contributed by atoms with Crippen LogP contribution in [0.2, 0.25) is 0 Å². The highest BCUT2D eigenvalue weighted by atomic mass is 16.2. The molecular formula is C21H22N6O. The maximum absolute atomic E-state index is 12.3. The molecular weight excluding hydrogens is 352 g/mol. The van der Waals surface area contributed by atoms with Crippen LogP contribution >= 0.6 is 0 Å². The van der Waals surface area contributed by atoms with Crippen molar-refractivity contribution in [1.82, 2.24) is 19.5 Å². The van der Waals surface area contributed by atoms with E-state index < -0.39 is 0 Å². The number of hydrogen-bond acceptors (Lipinski definition) is 5. The molecule has 0 unspecified atom stereocenters. The minimum Gasteiger partial charge on any atom is -0.373 e. The zero-order valence-electron chi connectivity index (χ0n) is 16.4. The molecule has 7 heteroatoms. The summed E-state index contributed by atoms with van der Waals surface area (Å²) < 4.78 is 1.93. The van der Waals surface area contributed by atoms with Crippen molar-refractivity contribution in [2.24, 2.45) is 18.9 Å². The Morgan fingerprint density at radius 3 is 2.68 bits per heavy atom. The predicted molar refractivity (Wildman–Crippen MR) is 109 cm³/mol. The molecule has 3 aromatic rings. The first-order valence-corrected chi connectivity index (χ1v) is 9.25. The van der Waals surface area contributed by atoms with Crippen LogP contribution in [0.3, 0.4) is 0 Å². The van der Waals surface area contributed by atoms with Crippen LogP contribution in [0.1, 0.15) is 30.4 Å². The Balaban J connectivity index is 1.73. The van der Waals surface area contributed by atoms with Crippen LogP contribution in [-0.4, -0.2) is 32.5 Å². The largest absolute Gasteiger partial charge is 0.373 e. The van der Waals surface area contributed by atoms with Gasteiger partial charge in [-0.1, -0.05) is 12.8 Å². The SMILES string of the molecule is CNc1ncc(C#Cc2cn(C)c(C)n2)c2cc(NC(=O)[C@H]3C[C@H]3C)ncc12. The lowest BCUT2D eigenvalue weighted by molar-refractivity contribution is -0.117. The van der Waals surface area contributed by atoms with Crippen molar-refractivity contribution in [2.75, 3.05) is 17.7 Å². The lowest BCUT2D eigenvalue weighted by Crippen LogP contribution is -2.15. The summed E-state index contributed by atoms with van der Waals surface area (Å²) >= 11 is 0. The molecule has 1 aliphatic rings. The van der Waals surface area contributed by atoms with Gasteiger partial charge in [-0.15, -0.1) is 0 Å². The molecule has 0 saturated heterocycles. The Morgan fingerprint density at radius 1 is 1.25 bits per heavy atom. The van der Waals surface area contributed by atoms with Gasteiger partial charge in [0.2, 0.25) is 5.91 Å². The summed E-state index contributed by atoms with van der Waals surface area (Å²) in [7, 11) is 3.75. The van der Waals surface area contributed by atoms with E-state index in [0.29, 0.717) is 17.4 Å². The van der Waals surface area contributed by atoms with Gasteiger partial charge in [0.25, 0.3) is 0 Å². The Labute approximate surface area is 163 Å². The highest BCUT2D eigenvalue weighted by Crippen LogP contribution is 2.38. The van der Waals surface area contributed by atoms with Crippen LogP contribution in [0.5, 0.6) is 0 Å². The van der Waals surface area contributed by atoms with E-state index in [1.807, 2.05) is 37.8 Å². The molecule has 2 N–H and O–H groups in total. The first-order valence-electron chi connectivity index (χ1n) is 9.25. The summed E-state index contributed by atoms with van der Waals surface area (Å²) in [5, 5.41) is 7.73. The average Bonchev–Trinajstić information content (AvgIpc) is 3.33. The fourth-order valence-electron chi connectivity index (χ4n) is 3.16. The van der Waals surface area contributed by atoms with Crippen LogP contribution in [0, 0.1) is 30.6 Å². The lowest BCUT2D eigenvalue weighted by Gasteiger charge is -2.09. The summed E-state index contributed by atoms with van der Waals surface area (Å²) in [6.45, 7) is 4.02. The third-order valence-electron chi connectivity index (χ3n) is 5.14. The van der Waals surface area contributed by atoms with Gasteiger partial charge in [0, 0.05) is 49.4 Å². The van der Waals surface area contributed by atoms with Gasteiger partial charge in [-0.05, 0) is 31.2 Å². The lowest BCUT2D eigenvalue weighted by atomic mass is 10.1. The Morgan fingerprint density at radius 2 is 2.04 bits per heavy atom. The second kappa shape index (κ2) is 6.97. The number of pyridine rings is 2. The topological polar surface area (TPSA) is 84.7 Å². The van der Waals surface area contributed by atoms with E-state index in [1.165, 1.54) is 0 Å². The highest BCUT2D eigenvalue weighted by Gasteiger charge is 2.39. The molecule has 0 aromatic carbocycles. The number of aromatic nitrogens is 4. The van der Waals surface area contributed by atoms with E-state index in [1.54, 1.807) is 12.4 Å². The van der Waals surface area contributed by atoms with Crippen LogP contribution in [0.15, 0.2) is 24.7 Å². The van der Waals surface area contributed by atoms with E-state index >= 15 is 0 Å². The summed E-state index contributed by atoms with van der Waals surface area (Å²) in [5.41, 5.74) is 1.46. The fraction of sp³-hybridized carbons (Fsp3) is 0.333. The third-order valence-corrected chi connectivity index (χ3v) is 5.14. The molecule has 28 heavy (non-hydrogen) atoms. The normalized spacial score (nSPS) is 17.7. The number of aryl methyl sites for hydroxylation is 2. The Kier molecular flexibility index (Phi) is 4.47. The first kappa shape index (κ1) is 18.0.